The van der Waals surface area contributed by atoms with Crippen molar-refractivity contribution in [2.75, 3.05) is 25.2 Å². The SMILES string of the molecule is CN(C(=O)Cc1ccc2c(c1)CCCO2)c1ccc(OCC(=O)O)cc1. The zero-order chi connectivity index (χ0) is 18.5. The second-order valence-electron chi connectivity index (χ2n) is 6.20. The van der Waals surface area contributed by atoms with Gasteiger partial charge < -0.3 is 19.5 Å². The van der Waals surface area contributed by atoms with E-state index in [1.54, 1.807) is 36.2 Å². The summed E-state index contributed by atoms with van der Waals surface area (Å²) in [6, 6.07) is 12.7. The summed E-state index contributed by atoms with van der Waals surface area (Å²) in [4.78, 5) is 24.7. The summed E-state index contributed by atoms with van der Waals surface area (Å²) in [7, 11) is 1.72. The Balaban J connectivity index is 1.63. The minimum absolute atomic E-state index is 0.0270. The van der Waals surface area contributed by atoms with E-state index in [1.165, 1.54) is 0 Å². The van der Waals surface area contributed by atoms with Gasteiger partial charge in [-0.1, -0.05) is 12.1 Å². The van der Waals surface area contributed by atoms with Crippen LogP contribution in [-0.4, -0.2) is 37.2 Å². The molecule has 1 aliphatic heterocycles. The molecule has 1 N–H and O–H groups in total. The highest BCUT2D eigenvalue weighted by Gasteiger charge is 2.15. The predicted octanol–water partition coefficient (Wildman–Crippen LogP) is 2.68. The molecule has 26 heavy (non-hydrogen) atoms. The van der Waals surface area contributed by atoms with Crippen LogP contribution in [0, 0.1) is 0 Å². The number of ether oxygens (including phenoxy) is 2. The van der Waals surface area contributed by atoms with E-state index in [0.717, 1.165) is 42.0 Å². The van der Waals surface area contributed by atoms with Crippen molar-refractivity contribution in [3.63, 3.8) is 0 Å². The van der Waals surface area contributed by atoms with Crippen molar-refractivity contribution in [2.24, 2.45) is 0 Å². The molecule has 0 aromatic heterocycles. The molecule has 1 amide bonds. The fourth-order valence-corrected chi connectivity index (χ4v) is 2.87. The Morgan fingerprint density at radius 2 is 1.96 bits per heavy atom. The van der Waals surface area contributed by atoms with Crippen LogP contribution in [0.4, 0.5) is 5.69 Å². The van der Waals surface area contributed by atoms with E-state index in [4.69, 9.17) is 14.6 Å². The first-order valence-electron chi connectivity index (χ1n) is 8.49. The zero-order valence-electron chi connectivity index (χ0n) is 14.6. The molecule has 6 nitrogen and oxygen atoms in total. The van der Waals surface area contributed by atoms with Crippen molar-refractivity contribution < 1.29 is 24.2 Å². The van der Waals surface area contributed by atoms with Crippen molar-refractivity contribution in [1.29, 1.82) is 0 Å². The number of hydrogen-bond donors (Lipinski definition) is 1. The molecule has 6 heteroatoms. The number of anilines is 1. The lowest BCUT2D eigenvalue weighted by atomic mass is 10.0. The first kappa shape index (κ1) is 17.8. The number of likely N-dealkylation sites (N-methyl/N-ethyl adjacent to an activating group) is 1. The number of carboxylic acid groups (broad SMARTS) is 1. The third-order valence-electron chi connectivity index (χ3n) is 4.29. The van der Waals surface area contributed by atoms with Gasteiger partial charge in [0.2, 0.25) is 5.91 Å². The largest absolute Gasteiger partial charge is 0.493 e. The second kappa shape index (κ2) is 7.91. The molecule has 0 fully saturated rings. The minimum Gasteiger partial charge on any atom is -0.493 e. The Morgan fingerprint density at radius 3 is 2.69 bits per heavy atom. The highest BCUT2D eigenvalue weighted by Crippen LogP contribution is 2.26. The van der Waals surface area contributed by atoms with Gasteiger partial charge in [-0.25, -0.2) is 4.79 Å². The molecule has 0 saturated carbocycles. The van der Waals surface area contributed by atoms with Gasteiger partial charge in [0, 0.05) is 12.7 Å². The van der Waals surface area contributed by atoms with Gasteiger partial charge in [0.15, 0.2) is 6.61 Å². The Kier molecular flexibility index (Phi) is 5.41. The fraction of sp³-hybridized carbons (Fsp3) is 0.300. The topological polar surface area (TPSA) is 76.1 Å². The summed E-state index contributed by atoms with van der Waals surface area (Å²) in [5.41, 5.74) is 2.84. The molecule has 0 aliphatic carbocycles. The number of nitrogens with zero attached hydrogens (tertiary/aromatic N) is 1. The van der Waals surface area contributed by atoms with Crippen molar-refractivity contribution >= 4 is 17.6 Å². The predicted molar refractivity (Wildman–Crippen MR) is 96.9 cm³/mol. The molecule has 136 valence electrons. The number of rotatable bonds is 6. The highest BCUT2D eigenvalue weighted by atomic mass is 16.5. The fourth-order valence-electron chi connectivity index (χ4n) is 2.87. The zero-order valence-corrected chi connectivity index (χ0v) is 14.6. The average Bonchev–Trinajstić information content (AvgIpc) is 2.66. The van der Waals surface area contributed by atoms with Crippen LogP contribution in [-0.2, 0) is 22.4 Å². The summed E-state index contributed by atoms with van der Waals surface area (Å²) in [5, 5.41) is 8.62. The number of benzene rings is 2. The van der Waals surface area contributed by atoms with Crippen LogP contribution >= 0.6 is 0 Å². The van der Waals surface area contributed by atoms with E-state index in [-0.39, 0.29) is 5.91 Å². The van der Waals surface area contributed by atoms with E-state index in [0.29, 0.717) is 12.2 Å². The summed E-state index contributed by atoms with van der Waals surface area (Å²) in [6.45, 7) is 0.357. The van der Waals surface area contributed by atoms with Crippen molar-refractivity contribution in [3.05, 3.63) is 53.6 Å². The Morgan fingerprint density at radius 1 is 1.19 bits per heavy atom. The first-order chi connectivity index (χ1) is 12.5. The lowest BCUT2D eigenvalue weighted by Gasteiger charge is -2.20. The van der Waals surface area contributed by atoms with Gasteiger partial charge in [0.05, 0.1) is 13.0 Å². The normalized spacial score (nSPS) is 12.7. The van der Waals surface area contributed by atoms with E-state index in [9.17, 15) is 9.59 Å². The second-order valence-corrected chi connectivity index (χ2v) is 6.20. The van der Waals surface area contributed by atoms with Crippen LogP contribution in [0.2, 0.25) is 0 Å². The molecular formula is C20H21NO5. The molecule has 1 aliphatic rings. The molecule has 0 radical (unpaired) electrons. The molecule has 2 aromatic carbocycles. The van der Waals surface area contributed by atoms with E-state index in [2.05, 4.69) is 0 Å². The summed E-state index contributed by atoms with van der Waals surface area (Å²) >= 11 is 0. The maximum Gasteiger partial charge on any atom is 0.341 e. The maximum atomic E-state index is 12.6. The van der Waals surface area contributed by atoms with Crippen LogP contribution in [0.25, 0.3) is 0 Å². The van der Waals surface area contributed by atoms with Crippen molar-refractivity contribution in [3.8, 4) is 11.5 Å². The number of carboxylic acids is 1. The van der Waals surface area contributed by atoms with E-state index >= 15 is 0 Å². The molecule has 3 rings (SSSR count). The van der Waals surface area contributed by atoms with Crippen LogP contribution in [0.1, 0.15) is 17.5 Å². The van der Waals surface area contributed by atoms with Gasteiger partial charge >= 0.3 is 5.97 Å². The van der Waals surface area contributed by atoms with Gasteiger partial charge in [-0.15, -0.1) is 0 Å². The standard InChI is InChI=1S/C20H21NO5/c1-21(16-5-7-17(8-6-16)26-13-20(23)24)19(22)12-14-4-9-18-15(11-14)3-2-10-25-18/h4-9,11H,2-3,10,12-13H2,1H3,(H,23,24). The van der Waals surface area contributed by atoms with Gasteiger partial charge in [0.1, 0.15) is 11.5 Å². The lowest BCUT2D eigenvalue weighted by Crippen LogP contribution is -2.27. The quantitative estimate of drug-likeness (QED) is 0.862. The smallest absolute Gasteiger partial charge is 0.341 e. The average molecular weight is 355 g/mol. The number of amides is 1. The summed E-state index contributed by atoms with van der Waals surface area (Å²) in [6.07, 6.45) is 2.28. The molecule has 0 unspecified atom stereocenters. The molecular weight excluding hydrogens is 334 g/mol. The summed E-state index contributed by atoms with van der Waals surface area (Å²) in [5.74, 6) is 0.308. The number of carbonyl (C=O) groups is 2. The number of aliphatic carboxylic acids is 1. The first-order valence-corrected chi connectivity index (χ1v) is 8.49. The maximum absolute atomic E-state index is 12.6. The number of aryl methyl sites for hydroxylation is 1. The number of fused-ring (bicyclic) bond motifs is 1. The molecule has 0 atom stereocenters. The van der Waals surface area contributed by atoms with Gasteiger partial charge in [-0.2, -0.15) is 0 Å². The monoisotopic (exact) mass is 355 g/mol. The van der Waals surface area contributed by atoms with E-state index < -0.39 is 12.6 Å². The molecule has 2 aromatic rings. The third-order valence-corrected chi connectivity index (χ3v) is 4.29. The highest BCUT2D eigenvalue weighted by molar-refractivity contribution is 5.94. The van der Waals surface area contributed by atoms with Crippen molar-refractivity contribution in [2.45, 2.75) is 19.3 Å². The molecule has 0 bridgehead atoms. The number of hydrogen-bond acceptors (Lipinski definition) is 4. The van der Waals surface area contributed by atoms with Gasteiger partial charge in [0.25, 0.3) is 0 Å². The van der Waals surface area contributed by atoms with Crippen LogP contribution in [0.3, 0.4) is 0 Å². The van der Waals surface area contributed by atoms with Gasteiger partial charge in [-0.3, -0.25) is 4.79 Å². The molecule has 0 spiro atoms. The Bertz CT molecular complexity index is 800. The lowest BCUT2D eigenvalue weighted by molar-refractivity contribution is -0.139. The van der Waals surface area contributed by atoms with E-state index in [1.807, 2.05) is 18.2 Å². The Labute approximate surface area is 152 Å². The molecule has 0 saturated heterocycles. The minimum atomic E-state index is -1.03. The number of carbonyl (C=O) groups excluding carboxylic acids is 1. The third kappa shape index (κ3) is 4.33. The van der Waals surface area contributed by atoms with Crippen LogP contribution in [0.5, 0.6) is 11.5 Å². The van der Waals surface area contributed by atoms with Crippen LogP contribution < -0.4 is 14.4 Å². The Hall–Kier alpha value is -3.02. The van der Waals surface area contributed by atoms with Crippen LogP contribution in [0.15, 0.2) is 42.5 Å². The van der Waals surface area contributed by atoms with Gasteiger partial charge in [-0.05, 0) is 54.3 Å². The van der Waals surface area contributed by atoms with Crippen molar-refractivity contribution in [1.82, 2.24) is 0 Å². The summed E-state index contributed by atoms with van der Waals surface area (Å²) < 4.78 is 10.7. The molecule has 1 heterocycles.